The van der Waals surface area contributed by atoms with E-state index in [1.807, 2.05) is 6.92 Å². The predicted molar refractivity (Wildman–Crippen MR) is 85.7 cm³/mol. The van der Waals surface area contributed by atoms with Crippen molar-refractivity contribution in [2.75, 3.05) is 6.54 Å². The zero-order valence-electron chi connectivity index (χ0n) is 13.1. The summed E-state index contributed by atoms with van der Waals surface area (Å²) in [7, 11) is 0. The molecule has 1 rings (SSSR count). The highest BCUT2D eigenvalue weighted by atomic mass is 35.5. The summed E-state index contributed by atoms with van der Waals surface area (Å²) in [5.74, 6) is -0.728. The van der Waals surface area contributed by atoms with Crippen LogP contribution in [0.15, 0.2) is 6.08 Å². The summed E-state index contributed by atoms with van der Waals surface area (Å²) in [6.07, 6.45) is 3.46. The van der Waals surface area contributed by atoms with Crippen LogP contribution in [0, 0.1) is 12.8 Å². The predicted octanol–water partition coefficient (Wildman–Crippen LogP) is 2.50. The van der Waals surface area contributed by atoms with Crippen molar-refractivity contribution in [3.8, 4) is 0 Å². The van der Waals surface area contributed by atoms with Gasteiger partial charge in [0.25, 0.3) is 0 Å². The van der Waals surface area contributed by atoms with Crippen LogP contribution in [0.5, 0.6) is 0 Å². The fraction of sp³-hybridized carbons (Fsp3) is 0.533. The van der Waals surface area contributed by atoms with Crippen LogP contribution in [0.25, 0.3) is 6.08 Å². The lowest BCUT2D eigenvalue weighted by molar-refractivity contribution is -0.137. The van der Waals surface area contributed by atoms with Gasteiger partial charge in [0.1, 0.15) is 5.15 Å². The van der Waals surface area contributed by atoms with Gasteiger partial charge in [0.05, 0.1) is 5.69 Å². The highest BCUT2D eigenvalue weighted by Gasteiger charge is 2.12. The molecule has 0 aliphatic carbocycles. The van der Waals surface area contributed by atoms with E-state index in [1.165, 1.54) is 6.08 Å². The smallest absolute Gasteiger partial charge is 0.303 e. The van der Waals surface area contributed by atoms with Crippen molar-refractivity contribution >= 4 is 29.6 Å². The molecule has 0 unspecified atom stereocenters. The molecule has 0 spiro atoms. The number of aromatic nitrogens is 2. The number of carbonyl (C=O) groups is 2. The summed E-state index contributed by atoms with van der Waals surface area (Å²) in [4.78, 5) is 22.0. The molecule has 1 amide bonds. The molecule has 6 nitrogen and oxygen atoms in total. The van der Waals surface area contributed by atoms with Crippen molar-refractivity contribution in [1.29, 1.82) is 0 Å². The number of aryl methyl sites for hydroxylation is 1. The first-order valence-corrected chi connectivity index (χ1v) is 7.59. The Labute approximate surface area is 135 Å². The number of hydrogen-bond donors (Lipinski definition) is 2. The lowest BCUT2D eigenvalue weighted by Crippen LogP contribution is -2.22. The van der Waals surface area contributed by atoms with Gasteiger partial charge in [-0.05, 0) is 25.3 Å². The Kier molecular flexibility index (Phi) is 7.11. The van der Waals surface area contributed by atoms with Gasteiger partial charge < -0.3 is 10.4 Å². The molecule has 1 aromatic rings. The van der Waals surface area contributed by atoms with Crippen molar-refractivity contribution < 1.29 is 14.7 Å². The molecule has 1 aromatic heterocycles. The van der Waals surface area contributed by atoms with E-state index in [1.54, 1.807) is 10.8 Å². The van der Waals surface area contributed by atoms with Gasteiger partial charge >= 0.3 is 5.97 Å². The molecule has 2 N–H and O–H groups in total. The van der Waals surface area contributed by atoms with E-state index in [-0.39, 0.29) is 12.3 Å². The van der Waals surface area contributed by atoms with Gasteiger partial charge in [0, 0.05) is 31.1 Å². The van der Waals surface area contributed by atoms with Gasteiger partial charge in [-0.15, -0.1) is 0 Å². The van der Waals surface area contributed by atoms with E-state index in [0.717, 1.165) is 17.8 Å². The van der Waals surface area contributed by atoms with Crippen LogP contribution in [0.1, 0.15) is 37.9 Å². The third-order valence-corrected chi connectivity index (χ3v) is 3.31. The van der Waals surface area contributed by atoms with Crippen LogP contribution in [0.4, 0.5) is 0 Å². The van der Waals surface area contributed by atoms with Crippen molar-refractivity contribution in [3.05, 3.63) is 22.5 Å². The molecule has 0 atom stereocenters. The van der Waals surface area contributed by atoms with Crippen molar-refractivity contribution in [2.45, 2.75) is 40.2 Å². The summed E-state index contributed by atoms with van der Waals surface area (Å²) in [5, 5.41) is 16.0. The molecular formula is C15H22ClN3O3. The van der Waals surface area contributed by atoms with Gasteiger partial charge in [-0.3, -0.25) is 14.3 Å². The summed E-state index contributed by atoms with van der Waals surface area (Å²) >= 11 is 6.27. The number of halogens is 1. The third kappa shape index (κ3) is 5.89. The lowest BCUT2D eigenvalue weighted by Gasteiger charge is -2.05. The average Bonchev–Trinajstić information content (AvgIpc) is 2.66. The number of amides is 1. The topological polar surface area (TPSA) is 84.2 Å². The second-order valence-electron chi connectivity index (χ2n) is 5.49. The van der Waals surface area contributed by atoms with Crippen LogP contribution in [0.2, 0.25) is 5.15 Å². The molecule has 0 bridgehead atoms. The monoisotopic (exact) mass is 327 g/mol. The Hall–Kier alpha value is -1.82. The molecule has 122 valence electrons. The first-order valence-electron chi connectivity index (χ1n) is 7.22. The summed E-state index contributed by atoms with van der Waals surface area (Å²) < 4.78 is 1.73. The fourth-order valence-electron chi connectivity index (χ4n) is 1.89. The Morgan fingerprint density at radius 1 is 1.45 bits per heavy atom. The number of carboxylic acid groups (broad SMARTS) is 1. The van der Waals surface area contributed by atoms with Crippen molar-refractivity contribution in [1.82, 2.24) is 15.1 Å². The van der Waals surface area contributed by atoms with Crippen LogP contribution in [-0.4, -0.2) is 33.3 Å². The summed E-state index contributed by atoms with van der Waals surface area (Å²) in [5.41, 5.74) is 1.49. The first-order chi connectivity index (χ1) is 10.3. The molecule has 0 saturated carbocycles. The molecular weight excluding hydrogens is 306 g/mol. The molecule has 0 saturated heterocycles. The van der Waals surface area contributed by atoms with E-state index in [2.05, 4.69) is 24.3 Å². The number of rotatable bonds is 8. The highest BCUT2D eigenvalue weighted by Crippen LogP contribution is 2.22. The second-order valence-corrected chi connectivity index (χ2v) is 5.85. The highest BCUT2D eigenvalue weighted by molar-refractivity contribution is 6.31. The molecule has 0 radical (unpaired) electrons. The van der Waals surface area contributed by atoms with Gasteiger partial charge in [-0.25, -0.2) is 0 Å². The molecule has 0 aromatic carbocycles. The summed E-state index contributed by atoms with van der Waals surface area (Å²) in [6.45, 7) is 7.04. The maximum Gasteiger partial charge on any atom is 0.303 e. The van der Waals surface area contributed by atoms with E-state index < -0.39 is 5.97 Å². The SMILES string of the molecule is Cc1nn(CC(C)C)c(Cl)c1/C=C\C(=O)NCCCC(=O)O. The number of carbonyl (C=O) groups excluding carboxylic acids is 1. The number of carboxylic acids is 1. The number of hydrogen-bond acceptors (Lipinski definition) is 3. The van der Waals surface area contributed by atoms with E-state index in [4.69, 9.17) is 16.7 Å². The molecule has 1 heterocycles. The number of nitrogens with zero attached hydrogens (tertiary/aromatic N) is 2. The van der Waals surface area contributed by atoms with Gasteiger partial charge in [0.2, 0.25) is 5.91 Å². The van der Waals surface area contributed by atoms with Crippen LogP contribution in [0.3, 0.4) is 0 Å². The average molecular weight is 328 g/mol. The minimum absolute atomic E-state index is 0.0386. The number of aliphatic carboxylic acids is 1. The van der Waals surface area contributed by atoms with Crippen LogP contribution >= 0.6 is 11.6 Å². The fourth-order valence-corrected chi connectivity index (χ4v) is 2.20. The van der Waals surface area contributed by atoms with Crippen molar-refractivity contribution in [2.24, 2.45) is 5.92 Å². The quantitative estimate of drug-likeness (QED) is 0.567. The largest absolute Gasteiger partial charge is 0.481 e. The van der Waals surface area contributed by atoms with Crippen LogP contribution < -0.4 is 5.32 Å². The minimum Gasteiger partial charge on any atom is -0.481 e. The standard InChI is InChI=1S/C15H22ClN3O3/c1-10(2)9-19-15(16)12(11(3)18-19)6-7-13(20)17-8-4-5-14(21)22/h6-7,10H,4-5,8-9H2,1-3H3,(H,17,20)(H,21,22)/b7-6-. The Morgan fingerprint density at radius 2 is 2.14 bits per heavy atom. The third-order valence-electron chi connectivity index (χ3n) is 2.92. The Bertz CT molecular complexity index is 565. The second kappa shape index (κ2) is 8.58. The van der Waals surface area contributed by atoms with Gasteiger partial charge in [0.15, 0.2) is 0 Å². The molecule has 0 aliphatic heterocycles. The zero-order valence-corrected chi connectivity index (χ0v) is 13.9. The molecule has 22 heavy (non-hydrogen) atoms. The molecule has 0 fully saturated rings. The summed E-state index contributed by atoms with van der Waals surface area (Å²) in [6, 6.07) is 0. The van der Waals surface area contributed by atoms with E-state index in [9.17, 15) is 9.59 Å². The molecule has 0 aliphatic rings. The van der Waals surface area contributed by atoms with E-state index >= 15 is 0 Å². The number of nitrogens with one attached hydrogen (secondary N) is 1. The van der Waals surface area contributed by atoms with Gasteiger partial charge in [-0.1, -0.05) is 25.4 Å². The van der Waals surface area contributed by atoms with Gasteiger partial charge in [-0.2, -0.15) is 5.10 Å². The van der Waals surface area contributed by atoms with E-state index in [0.29, 0.717) is 24.0 Å². The minimum atomic E-state index is -0.871. The maximum absolute atomic E-state index is 11.7. The Morgan fingerprint density at radius 3 is 2.73 bits per heavy atom. The zero-order chi connectivity index (χ0) is 16.7. The van der Waals surface area contributed by atoms with Crippen LogP contribution in [-0.2, 0) is 16.1 Å². The Balaban J connectivity index is 2.60. The lowest BCUT2D eigenvalue weighted by atomic mass is 10.2. The molecule has 7 heteroatoms. The normalized spacial score (nSPS) is 11.3. The van der Waals surface area contributed by atoms with Crippen molar-refractivity contribution in [3.63, 3.8) is 0 Å². The first kappa shape index (κ1) is 18.2. The maximum atomic E-state index is 11.7.